The van der Waals surface area contributed by atoms with Crippen LogP contribution in [-0.2, 0) is 4.79 Å². The Morgan fingerprint density at radius 1 is 1.14 bits per heavy atom. The molecule has 0 radical (unpaired) electrons. The highest BCUT2D eigenvalue weighted by Gasteiger charge is 2.26. The molecule has 148 valence electrons. The number of rotatable bonds is 4. The first-order valence-electron chi connectivity index (χ1n) is 9.05. The Morgan fingerprint density at radius 3 is 2.45 bits per heavy atom. The van der Waals surface area contributed by atoms with Crippen molar-refractivity contribution >= 4 is 34.3 Å². The smallest absolute Gasteiger partial charge is 0.327 e. The monoisotopic (exact) mass is 411 g/mol. The van der Waals surface area contributed by atoms with Crippen molar-refractivity contribution in [3.8, 4) is 11.1 Å². The number of halogens is 1. The molecule has 0 aliphatic rings. The molecule has 4 rings (SSSR count). The van der Waals surface area contributed by atoms with Crippen LogP contribution in [0.25, 0.3) is 27.8 Å². The standard InChI is InChI=1S/C20H18ClN5O3/c1-10(2)17(20(28)29)25-9-8-14-16(19(25)27)22-23-18-15(11(3)24-26(14)18)12-4-6-13(21)7-5-12/h4-10,17H,1-3H3,(H,28,29). The summed E-state index contributed by atoms with van der Waals surface area (Å²) in [4.78, 5) is 24.6. The maximum Gasteiger partial charge on any atom is 0.327 e. The van der Waals surface area contributed by atoms with Gasteiger partial charge in [0.1, 0.15) is 11.6 Å². The average molecular weight is 412 g/mol. The molecule has 3 aromatic heterocycles. The maximum absolute atomic E-state index is 13.0. The Morgan fingerprint density at radius 2 is 1.83 bits per heavy atom. The van der Waals surface area contributed by atoms with Crippen LogP contribution in [0.5, 0.6) is 0 Å². The molecular weight excluding hydrogens is 394 g/mol. The van der Waals surface area contributed by atoms with Gasteiger partial charge in [-0.25, -0.2) is 9.31 Å². The summed E-state index contributed by atoms with van der Waals surface area (Å²) < 4.78 is 2.75. The molecule has 0 aliphatic carbocycles. The highest BCUT2D eigenvalue weighted by atomic mass is 35.5. The van der Waals surface area contributed by atoms with E-state index in [0.717, 1.165) is 16.8 Å². The quantitative estimate of drug-likeness (QED) is 0.552. The van der Waals surface area contributed by atoms with Crippen molar-refractivity contribution in [2.45, 2.75) is 26.8 Å². The van der Waals surface area contributed by atoms with Crippen molar-refractivity contribution in [2.75, 3.05) is 0 Å². The molecule has 0 bridgehead atoms. The number of carbonyl (C=O) groups is 1. The molecule has 0 fully saturated rings. The zero-order valence-electron chi connectivity index (χ0n) is 16.0. The highest BCUT2D eigenvalue weighted by molar-refractivity contribution is 6.30. The van der Waals surface area contributed by atoms with Crippen LogP contribution in [0.3, 0.4) is 0 Å². The van der Waals surface area contributed by atoms with E-state index in [-0.39, 0.29) is 11.4 Å². The summed E-state index contributed by atoms with van der Waals surface area (Å²) >= 11 is 5.98. The molecule has 1 atom stereocenters. The van der Waals surface area contributed by atoms with Gasteiger partial charge in [0.25, 0.3) is 5.56 Å². The van der Waals surface area contributed by atoms with Crippen molar-refractivity contribution < 1.29 is 9.90 Å². The fourth-order valence-corrected chi connectivity index (χ4v) is 3.69. The normalized spacial score (nSPS) is 12.7. The fourth-order valence-electron chi connectivity index (χ4n) is 3.57. The average Bonchev–Trinajstić information content (AvgIpc) is 3.00. The summed E-state index contributed by atoms with van der Waals surface area (Å²) in [5.74, 6) is -1.35. The summed E-state index contributed by atoms with van der Waals surface area (Å²) in [6.07, 6.45) is 1.48. The maximum atomic E-state index is 13.0. The minimum absolute atomic E-state index is 0.0667. The Balaban J connectivity index is 1.97. The first-order valence-corrected chi connectivity index (χ1v) is 9.43. The van der Waals surface area contributed by atoms with Crippen molar-refractivity contribution in [3.63, 3.8) is 0 Å². The number of nitrogens with zero attached hydrogens (tertiary/aromatic N) is 5. The topological polar surface area (TPSA) is 102 Å². The van der Waals surface area contributed by atoms with E-state index >= 15 is 0 Å². The van der Waals surface area contributed by atoms with Crippen LogP contribution < -0.4 is 5.56 Å². The van der Waals surface area contributed by atoms with E-state index in [9.17, 15) is 14.7 Å². The molecule has 3 heterocycles. The van der Waals surface area contributed by atoms with Crippen molar-refractivity contribution in [1.29, 1.82) is 0 Å². The molecule has 0 amide bonds. The lowest BCUT2D eigenvalue weighted by molar-refractivity contribution is -0.142. The Hall–Kier alpha value is -3.26. The SMILES string of the molecule is Cc1nn2c(nnc3c(=O)n(C(C(=O)O)C(C)C)ccc32)c1-c1ccc(Cl)cc1. The summed E-state index contributed by atoms with van der Waals surface area (Å²) in [6, 6.07) is 7.96. The van der Waals surface area contributed by atoms with Crippen molar-refractivity contribution in [2.24, 2.45) is 5.92 Å². The van der Waals surface area contributed by atoms with Gasteiger partial charge < -0.3 is 5.11 Å². The van der Waals surface area contributed by atoms with Gasteiger partial charge in [-0.05, 0) is 36.6 Å². The number of hydrogen-bond donors (Lipinski definition) is 1. The van der Waals surface area contributed by atoms with E-state index in [0.29, 0.717) is 16.2 Å². The summed E-state index contributed by atoms with van der Waals surface area (Å²) in [7, 11) is 0. The molecule has 1 unspecified atom stereocenters. The number of hydrogen-bond acceptors (Lipinski definition) is 5. The number of carboxylic acid groups (broad SMARTS) is 1. The lowest BCUT2D eigenvalue weighted by Gasteiger charge is -2.19. The van der Waals surface area contributed by atoms with Gasteiger partial charge >= 0.3 is 5.97 Å². The first kappa shape index (κ1) is 19.1. The lowest BCUT2D eigenvalue weighted by atomic mass is 10.0. The van der Waals surface area contributed by atoms with Crippen LogP contribution in [-0.4, -0.2) is 35.5 Å². The summed E-state index contributed by atoms with van der Waals surface area (Å²) in [5.41, 5.74) is 2.93. The van der Waals surface area contributed by atoms with Crippen LogP contribution in [0.15, 0.2) is 41.3 Å². The number of aliphatic carboxylic acids is 1. The molecule has 0 saturated carbocycles. The predicted octanol–water partition coefficient (Wildman–Crippen LogP) is 3.35. The van der Waals surface area contributed by atoms with E-state index in [1.807, 2.05) is 19.1 Å². The second kappa shape index (κ2) is 6.97. The first-order chi connectivity index (χ1) is 13.8. The van der Waals surface area contributed by atoms with E-state index < -0.39 is 17.6 Å². The molecular formula is C20H18ClN5O3. The number of fused-ring (bicyclic) bond motifs is 3. The van der Waals surface area contributed by atoms with Gasteiger partial charge in [0.05, 0.1) is 11.3 Å². The van der Waals surface area contributed by atoms with E-state index in [1.54, 1.807) is 36.6 Å². The number of benzene rings is 1. The van der Waals surface area contributed by atoms with Gasteiger partial charge in [0, 0.05) is 11.2 Å². The second-order valence-corrected chi connectivity index (χ2v) is 7.63. The molecule has 0 aliphatic heterocycles. The third kappa shape index (κ3) is 3.05. The molecule has 9 heteroatoms. The molecule has 4 aromatic rings. The molecule has 1 aromatic carbocycles. The number of pyridine rings is 1. The molecule has 0 spiro atoms. The summed E-state index contributed by atoms with van der Waals surface area (Å²) in [6.45, 7) is 5.35. The van der Waals surface area contributed by atoms with Gasteiger partial charge in [0.2, 0.25) is 0 Å². The molecule has 8 nitrogen and oxygen atoms in total. The van der Waals surface area contributed by atoms with Gasteiger partial charge in [-0.1, -0.05) is 37.6 Å². The van der Waals surface area contributed by atoms with E-state index in [4.69, 9.17) is 11.6 Å². The van der Waals surface area contributed by atoms with Gasteiger partial charge in [-0.3, -0.25) is 9.36 Å². The number of aromatic nitrogens is 5. The van der Waals surface area contributed by atoms with Crippen LogP contribution in [0.1, 0.15) is 25.6 Å². The largest absolute Gasteiger partial charge is 0.480 e. The van der Waals surface area contributed by atoms with Crippen molar-refractivity contribution in [1.82, 2.24) is 24.4 Å². The van der Waals surface area contributed by atoms with Crippen LogP contribution in [0, 0.1) is 12.8 Å². The van der Waals surface area contributed by atoms with E-state index in [1.165, 1.54) is 10.8 Å². The van der Waals surface area contributed by atoms with Gasteiger partial charge in [0.15, 0.2) is 11.2 Å². The third-order valence-corrected chi connectivity index (χ3v) is 5.15. The number of aryl methyl sites for hydroxylation is 1. The number of carboxylic acids is 1. The second-order valence-electron chi connectivity index (χ2n) is 7.19. The minimum Gasteiger partial charge on any atom is -0.480 e. The fraction of sp³-hybridized carbons (Fsp3) is 0.250. The van der Waals surface area contributed by atoms with Gasteiger partial charge in [-0.15, -0.1) is 10.2 Å². The Labute approximate surface area is 170 Å². The Kier molecular flexibility index (Phi) is 4.58. The van der Waals surface area contributed by atoms with Crippen LogP contribution in [0.4, 0.5) is 0 Å². The molecule has 29 heavy (non-hydrogen) atoms. The Bertz CT molecular complexity index is 1310. The molecule has 1 N–H and O–H groups in total. The highest BCUT2D eigenvalue weighted by Crippen LogP contribution is 2.29. The van der Waals surface area contributed by atoms with Crippen LogP contribution >= 0.6 is 11.6 Å². The lowest BCUT2D eigenvalue weighted by Crippen LogP contribution is -2.33. The minimum atomic E-state index is -1.07. The van der Waals surface area contributed by atoms with Gasteiger partial charge in [-0.2, -0.15) is 5.10 Å². The van der Waals surface area contributed by atoms with Crippen molar-refractivity contribution in [3.05, 3.63) is 57.6 Å². The predicted molar refractivity (Wildman–Crippen MR) is 109 cm³/mol. The van der Waals surface area contributed by atoms with E-state index in [2.05, 4.69) is 15.3 Å². The molecule has 0 saturated heterocycles. The zero-order valence-corrected chi connectivity index (χ0v) is 16.8. The zero-order chi connectivity index (χ0) is 20.9. The third-order valence-electron chi connectivity index (χ3n) is 4.90. The summed E-state index contributed by atoms with van der Waals surface area (Å²) in [5, 5.41) is 23.1. The van der Waals surface area contributed by atoms with Crippen LogP contribution in [0.2, 0.25) is 5.02 Å².